The van der Waals surface area contributed by atoms with Crippen molar-refractivity contribution in [3.8, 4) is 0 Å². The van der Waals surface area contributed by atoms with Crippen LogP contribution in [0.1, 0.15) is 49.7 Å². The number of carbonyl (C=O) groups is 1. The second kappa shape index (κ2) is 5.51. The zero-order valence-corrected chi connectivity index (χ0v) is 10.9. The number of benzene rings is 1. The number of hydrogen-bond donors (Lipinski definition) is 0. The van der Waals surface area contributed by atoms with Crippen LogP contribution in [0.3, 0.4) is 0 Å². The fourth-order valence-corrected chi connectivity index (χ4v) is 2.61. The summed E-state index contributed by atoms with van der Waals surface area (Å²) >= 11 is 0. The van der Waals surface area contributed by atoms with Crippen LogP contribution >= 0.6 is 0 Å². The molecule has 0 aromatic heterocycles. The number of hydrogen-bond acceptors (Lipinski definition) is 2. The molecule has 0 N–H and O–H groups in total. The van der Waals surface area contributed by atoms with Crippen molar-refractivity contribution in [2.45, 2.75) is 51.6 Å². The third-order valence-electron chi connectivity index (χ3n) is 3.67. The molecule has 1 fully saturated rings. The van der Waals surface area contributed by atoms with Gasteiger partial charge in [0.1, 0.15) is 11.9 Å². The summed E-state index contributed by atoms with van der Waals surface area (Å²) in [7, 11) is 0. The highest BCUT2D eigenvalue weighted by Gasteiger charge is 2.24. The van der Waals surface area contributed by atoms with E-state index in [2.05, 4.69) is 0 Å². The first-order valence-electron chi connectivity index (χ1n) is 6.49. The second-order valence-corrected chi connectivity index (χ2v) is 5.09. The van der Waals surface area contributed by atoms with Crippen molar-refractivity contribution in [2.24, 2.45) is 0 Å². The first kappa shape index (κ1) is 13.1. The minimum absolute atomic E-state index is 0.0500. The molecule has 0 atom stereocenters. The molecule has 0 spiro atoms. The Balaban J connectivity index is 1.96. The Morgan fingerprint density at radius 1 is 1.28 bits per heavy atom. The molecule has 1 aromatic rings. The molecule has 0 saturated heterocycles. The van der Waals surface area contributed by atoms with Crippen LogP contribution in [0.4, 0.5) is 4.39 Å². The summed E-state index contributed by atoms with van der Waals surface area (Å²) in [5, 5.41) is 0. The van der Waals surface area contributed by atoms with Crippen molar-refractivity contribution in [1.82, 2.24) is 0 Å². The Hall–Kier alpha value is -1.38. The van der Waals surface area contributed by atoms with E-state index in [-0.39, 0.29) is 17.9 Å². The van der Waals surface area contributed by atoms with Gasteiger partial charge in [-0.15, -0.1) is 0 Å². The molecule has 3 heteroatoms. The van der Waals surface area contributed by atoms with E-state index in [1.54, 1.807) is 13.0 Å². The van der Waals surface area contributed by atoms with E-state index < -0.39 is 0 Å². The summed E-state index contributed by atoms with van der Waals surface area (Å²) in [6, 6.07) is 5.49. The number of carbonyl (C=O) groups excluding carboxylic acids is 1. The Morgan fingerprint density at radius 3 is 2.50 bits per heavy atom. The lowest BCUT2D eigenvalue weighted by Crippen LogP contribution is -2.22. The number of ether oxygens (including phenoxy) is 1. The summed E-state index contributed by atoms with van der Waals surface area (Å²) in [5.74, 6) is 0.0568. The lowest BCUT2D eigenvalue weighted by molar-refractivity contribution is -0.147. The van der Waals surface area contributed by atoms with E-state index in [4.69, 9.17) is 4.74 Å². The molecule has 98 valence electrons. The van der Waals surface area contributed by atoms with Gasteiger partial charge in [-0.05, 0) is 55.7 Å². The molecule has 0 aliphatic heterocycles. The number of halogens is 1. The molecule has 0 unspecified atom stereocenters. The lowest BCUT2D eigenvalue weighted by atomic mass is 9.82. The van der Waals surface area contributed by atoms with Crippen LogP contribution < -0.4 is 0 Å². The Labute approximate surface area is 107 Å². The molecular weight excluding hydrogens is 231 g/mol. The van der Waals surface area contributed by atoms with Gasteiger partial charge in [-0.2, -0.15) is 0 Å². The topological polar surface area (TPSA) is 26.3 Å². The molecule has 1 aliphatic rings. The number of esters is 1. The molecule has 0 heterocycles. The zero-order chi connectivity index (χ0) is 13.1. The van der Waals surface area contributed by atoms with E-state index >= 15 is 0 Å². The second-order valence-electron chi connectivity index (χ2n) is 5.09. The van der Waals surface area contributed by atoms with Crippen molar-refractivity contribution in [3.63, 3.8) is 0 Å². The van der Waals surface area contributed by atoms with Crippen LogP contribution in [0.25, 0.3) is 0 Å². The van der Waals surface area contributed by atoms with Gasteiger partial charge in [0.2, 0.25) is 0 Å². The molecule has 2 nitrogen and oxygen atoms in total. The van der Waals surface area contributed by atoms with Gasteiger partial charge in [0, 0.05) is 6.92 Å². The van der Waals surface area contributed by atoms with Crippen LogP contribution in [0.2, 0.25) is 0 Å². The Morgan fingerprint density at radius 2 is 1.94 bits per heavy atom. The maximum absolute atomic E-state index is 13.5. The average molecular weight is 250 g/mol. The number of aryl methyl sites for hydroxylation is 1. The molecule has 1 saturated carbocycles. The molecule has 0 bridgehead atoms. The first-order chi connectivity index (χ1) is 8.56. The standard InChI is InChI=1S/C15H19FO2/c1-10-3-4-13(9-15(10)16)12-5-7-14(8-6-12)18-11(2)17/h3-4,9,12,14H,5-8H2,1-2H3. The summed E-state index contributed by atoms with van der Waals surface area (Å²) in [6.45, 7) is 3.22. The van der Waals surface area contributed by atoms with E-state index in [1.165, 1.54) is 6.92 Å². The summed E-state index contributed by atoms with van der Waals surface area (Å²) in [5.41, 5.74) is 1.76. The monoisotopic (exact) mass is 250 g/mol. The van der Waals surface area contributed by atoms with Gasteiger partial charge in [0.05, 0.1) is 0 Å². The highest BCUT2D eigenvalue weighted by molar-refractivity contribution is 5.66. The minimum Gasteiger partial charge on any atom is -0.463 e. The Kier molecular flexibility index (Phi) is 4.00. The lowest BCUT2D eigenvalue weighted by Gasteiger charge is -2.28. The van der Waals surface area contributed by atoms with Crippen LogP contribution in [-0.2, 0) is 9.53 Å². The fraction of sp³-hybridized carbons (Fsp3) is 0.533. The Bertz CT molecular complexity index is 434. The van der Waals surface area contributed by atoms with Crippen LogP contribution in [-0.4, -0.2) is 12.1 Å². The maximum Gasteiger partial charge on any atom is 0.302 e. The van der Waals surface area contributed by atoms with Crippen molar-refractivity contribution < 1.29 is 13.9 Å². The number of rotatable bonds is 2. The van der Waals surface area contributed by atoms with Crippen molar-refractivity contribution >= 4 is 5.97 Å². The summed E-state index contributed by atoms with van der Waals surface area (Å²) < 4.78 is 18.7. The van der Waals surface area contributed by atoms with Gasteiger partial charge in [0.15, 0.2) is 0 Å². The normalized spacial score (nSPS) is 23.7. The highest BCUT2D eigenvalue weighted by atomic mass is 19.1. The van der Waals surface area contributed by atoms with E-state index in [9.17, 15) is 9.18 Å². The van der Waals surface area contributed by atoms with Crippen molar-refractivity contribution in [1.29, 1.82) is 0 Å². The van der Waals surface area contributed by atoms with Crippen molar-refractivity contribution in [3.05, 3.63) is 35.1 Å². The predicted molar refractivity (Wildman–Crippen MR) is 67.9 cm³/mol. The maximum atomic E-state index is 13.5. The molecule has 0 radical (unpaired) electrons. The molecule has 1 aromatic carbocycles. The van der Waals surface area contributed by atoms with E-state index in [1.807, 2.05) is 12.1 Å². The highest BCUT2D eigenvalue weighted by Crippen LogP contribution is 2.34. The minimum atomic E-state index is -0.208. The zero-order valence-electron chi connectivity index (χ0n) is 10.9. The van der Waals surface area contributed by atoms with Gasteiger partial charge in [-0.3, -0.25) is 4.79 Å². The molecule has 1 aliphatic carbocycles. The molecule has 0 amide bonds. The van der Waals surface area contributed by atoms with E-state index in [0.717, 1.165) is 31.2 Å². The predicted octanol–water partition coefficient (Wildman–Crippen LogP) is 3.72. The molecular formula is C15H19FO2. The molecule has 18 heavy (non-hydrogen) atoms. The largest absolute Gasteiger partial charge is 0.463 e. The third kappa shape index (κ3) is 3.09. The first-order valence-corrected chi connectivity index (χ1v) is 6.49. The van der Waals surface area contributed by atoms with Gasteiger partial charge in [-0.25, -0.2) is 4.39 Å². The van der Waals surface area contributed by atoms with Crippen LogP contribution in [0, 0.1) is 12.7 Å². The van der Waals surface area contributed by atoms with Gasteiger partial charge in [-0.1, -0.05) is 12.1 Å². The summed E-state index contributed by atoms with van der Waals surface area (Å²) in [4.78, 5) is 10.9. The SMILES string of the molecule is CC(=O)OC1CCC(c2ccc(C)c(F)c2)CC1. The fourth-order valence-electron chi connectivity index (χ4n) is 2.61. The smallest absolute Gasteiger partial charge is 0.302 e. The van der Waals surface area contributed by atoms with Gasteiger partial charge in [0.25, 0.3) is 0 Å². The summed E-state index contributed by atoms with van der Waals surface area (Å²) in [6.07, 6.45) is 3.72. The van der Waals surface area contributed by atoms with Crippen LogP contribution in [0.15, 0.2) is 18.2 Å². The van der Waals surface area contributed by atoms with Gasteiger partial charge >= 0.3 is 5.97 Å². The van der Waals surface area contributed by atoms with E-state index in [0.29, 0.717) is 11.5 Å². The van der Waals surface area contributed by atoms with Crippen LogP contribution in [0.5, 0.6) is 0 Å². The quantitative estimate of drug-likeness (QED) is 0.748. The molecule has 2 rings (SSSR count). The third-order valence-corrected chi connectivity index (χ3v) is 3.67. The van der Waals surface area contributed by atoms with Gasteiger partial charge < -0.3 is 4.74 Å². The van der Waals surface area contributed by atoms with Crippen molar-refractivity contribution in [2.75, 3.05) is 0 Å². The average Bonchev–Trinajstić information content (AvgIpc) is 2.33.